The van der Waals surface area contributed by atoms with Gasteiger partial charge in [0, 0.05) is 33.2 Å². The van der Waals surface area contributed by atoms with Gasteiger partial charge in [0.15, 0.2) is 0 Å². The number of carbonyl (C=O) groups is 2. The van der Waals surface area contributed by atoms with E-state index in [1.807, 2.05) is 13.8 Å². The van der Waals surface area contributed by atoms with E-state index in [-0.39, 0.29) is 18.0 Å². The molecule has 0 aromatic carbocycles. The summed E-state index contributed by atoms with van der Waals surface area (Å²) in [5.41, 5.74) is 4.85. The molecule has 0 aromatic rings. The highest BCUT2D eigenvalue weighted by Crippen LogP contribution is 2.23. The van der Waals surface area contributed by atoms with E-state index >= 15 is 0 Å². The molecule has 104 valence electrons. The SMILES string of the molecule is CC(C)NC1(C(N)=O)CCN(C(=O)N(C)C)CC1. The van der Waals surface area contributed by atoms with Crippen molar-refractivity contribution < 1.29 is 9.59 Å². The summed E-state index contributed by atoms with van der Waals surface area (Å²) in [6.07, 6.45) is 1.14. The Hall–Kier alpha value is -1.30. The number of nitrogens with two attached hydrogens (primary N) is 1. The normalized spacial score (nSPS) is 18.8. The number of piperidine rings is 1. The van der Waals surface area contributed by atoms with Gasteiger partial charge in [0.2, 0.25) is 5.91 Å². The van der Waals surface area contributed by atoms with Crippen molar-refractivity contribution in [2.24, 2.45) is 5.73 Å². The predicted molar refractivity (Wildman–Crippen MR) is 70.1 cm³/mol. The van der Waals surface area contributed by atoms with Gasteiger partial charge < -0.3 is 20.9 Å². The maximum atomic E-state index is 11.8. The minimum absolute atomic E-state index is 0.0161. The Morgan fingerprint density at radius 2 is 1.78 bits per heavy atom. The quantitative estimate of drug-likeness (QED) is 0.745. The molecular formula is C12H24N4O2. The van der Waals surface area contributed by atoms with Gasteiger partial charge in [-0.2, -0.15) is 0 Å². The van der Waals surface area contributed by atoms with Crippen LogP contribution in [0.1, 0.15) is 26.7 Å². The highest BCUT2D eigenvalue weighted by atomic mass is 16.2. The van der Waals surface area contributed by atoms with Crippen LogP contribution < -0.4 is 11.1 Å². The number of hydrogen-bond donors (Lipinski definition) is 2. The lowest BCUT2D eigenvalue weighted by molar-refractivity contribution is -0.126. The van der Waals surface area contributed by atoms with Crippen LogP contribution in [0.4, 0.5) is 4.79 Å². The third kappa shape index (κ3) is 3.13. The Kier molecular flexibility index (Phi) is 4.56. The van der Waals surface area contributed by atoms with Gasteiger partial charge in [-0.15, -0.1) is 0 Å². The van der Waals surface area contributed by atoms with E-state index in [0.29, 0.717) is 25.9 Å². The van der Waals surface area contributed by atoms with E-state index in [0.717, 1.165) is 0 Å². The highest BCUT2D eigenvalue weighted by molar-refractivity contribution is 5.85. The second kappa shape index (κ2) is 5.56. The van der Waals surface area contributed by atoms with Crippen LogP contribution in [0, 0.1) is 0 Å². The summed E-state index contributed by atoms with van der Waals surface area (Å²) < 4.78 is 0. The fourth-order valence-electron chi connectivity index (χ4n) is 2.38. The van der Waals surface area contributed by atoms with Crippen molar-refractivity contribution in [3.8, 4) is 0 Å². The molecule has 1 fully saturated rings. The number of urea groups is 1. The molecule has 0 atom stereocenters. The van der Waals surface area contributed by atoms with Crippen molar-refractivity contribution in [3.05, 3.63) is 0 Å². The summed E-state index contributed by atoms with van der Waals surface area (Å²) in [6.45, 7) is 5.09. The van der Waals surface area contributed by atoms with Gasteiger partial charge >= 0.3 is 6.03 Å². The molecule has 1 saturated heterocycles. The molecular weight excluding hydrogens is 232 g/mol. The minimum atomic E-state index is -0.669. The second-order valence-electron chi connectivity index (χ2n) is 5.41. The summed E-state index contributed by atoms with van der Waals surface area (Å²) in [7, 11) is 3.45. The Balaban J connectivity index is 2.69. The first kappa shape index (κ1) is 14.8. The maximum Gasteiger partial charge on any atom is 0.319 e. The predicted octanol–water partition coefficient (Wildman–Crippen LogP) is -0.0141. The summed E-state index contributed by atoms with van der Waals surface area (Å²) in [4.78, 5) is 26.8. The summed E-state index contributed by atoms with van der Waals surface area (Å²) in [5.74, 6) is -0.326. The lowest BCUT2D eigenvalue weighted by atomic mass is 9.86. The van der Waals surface area contributed by atoms with E-state index in [9.17, 15) is 9.59 Å². The van der Waals surface area contributed by atoms with Gasteiger partial charge in [-0.1, -0.05) is 0 Å². The standard InChI is InChI=1S/C12H24N4O2/c1-9(2)14-12(10(13)17)5-7-16(8-6-12)11(18)15(3)4/h9,14H,5-8H2,1-4H3,(H2,13,17). The first-order valence-electron chi connectivity index (χ1n) is 6.32. The molecule has 6 heteroatoms. The van der Waals surface area contributed by atoms with Gasteiger partial charge in [-0.25, -0.2) is 4.79 Å². The highest BCUT2D eigenvalue weighted by Gasteiger charge is 2.41. The van der Waals surface area contributed by atoms with Crippen LogP contribution in [-0.4, -0.2) is 60.5 Å². The van der Waals surface area contributed by atoms with Crippen molar-refractivity contribution in [1.82, 2.24) is 15.1 Å². The maximum absolute atomic E-state index is 11.8. The number of likely N-dealkylation sites (tertiary alicyclic amines) is 1. The second-order valence-corrected chi connectivity index (χ2v) is 5.41. The number of nitrogens with zero attached hydrogens (tertiary/aromatic N) is 2. The van der Waals surface area contributed by atoms with Crippen LogP contribution >= 0.6 is 0 Å². The van der Waals surface area contributed by atoms with Crippen molar-refractivity contribution in [3.63, 3.8) is 0 Å². The van der Waals surface area contributed by atoms with E-state index < -0.39 is 5.54 Å². The molecule has 18 heavy (non-hydrogen) atoms. The largest absolute Gasteiger partial charge is 0.368 e. The lowest BCUT2D eigenvalue weighted by Gasteiger charge is -2.41. The molecule has 1 aliphatic heterocycles. The molecule has 6 nitrogen and oxygen atoms in total. The van der Waals surface area contributed by atoms with E-state index in [2.05, 4.69) is 5.32 Å². The lowest BCUT2D eigenvalue weighted by Crippen LogP contribution is -2.63. The van der Waals surface area contributed by atoms with Crippen LogP contribution in [0.5, 0.6) is 0 Å². The smallest absolute Gasteiger partial charge is 0.319 e. The monoisotopic (exact) mass is 256 g/mol. The molecule has 3 amide bonds. The van der Waals surface area contributed by atoms with Crippen molar-refractivity contribution in [2.45, 2.75) is 38.3 Å². The third-order valence-electron chi connectivity index (χ3n) is 3.31. The molecule has 0 aromatic heterocycles. The molecule has 1 heterocycles. The van der Waals surface area contributed by atoms with Crippen LogP contribution in [-0.2, 0) is 4.79 Å². The topological polar surface area (TPSA) is 78.7 Å². The number of primary amides is 1. The van der Waals surface area contributed by atoms with Crippen LogP contribution in [0.25, 0.3) is 0 Å². The van der Waals surface area contributed by atoms with Gasteiger partial charge in [0.1, 0.15) is 5.54 Å². The number of rotatable bonds is 3. The Morgan fingerprint density at radius 3 is 2.11 bits per heavy atom. The molecule has 0 spiro atoms. The van der Waals surface area contributed by atoms with E-state index in [1.54, 1.807) is 23.9 Å². The van der Waals surface area contributed by atoms with Gasteiger partial charge in [-0.3, -0.25) is 4.79 Å². The Bertz CT molecular complexity index is 320. The zero-order valence-electron chi connectivity index (χ0n) is 11.7. The number of amides is 3. The molecule has 0 aliphatic carbocycles. The van der Waals surface area contributed by atoms with Crippen LogP contribution in [0.2, 0.25) is 0 Å². The van der Waals surface area contributed by atoms with Gasteiger partial charge in [0.25, 0.3) is 0 Å². The number of nitrogens with one attached hydrogen (secondary N) is 1. The van der Waals surface area contributed by atoms with Crippen LogP contribution in [0.3, 0.4) is 0 Å². The Morgan fingerprint density at radius 1 is 1.28 bits per heavy atom. The Labute approximate surface area is 108 Å². The molecule has 0 saturated carbocycles. The van der Waals surface area contributed by atoms with Crippen molar-refractivity contribution in [1.29, 1.82) is 0 Å². The van der Waals surface area contributed by atoms with E-state index in [4.69, 9.17) is 5.73 Å². The van der Waals surface area contributed by atoms with E-state index in [1.165, 1.54) is 0 Å². The molecule has 3 N–H and O–H groups in total. The van der Waals surface area contributed by atoms with Crippen molar-refractivity contribution in [2.75, 3.05) is 27.2 Å². The summed E-state index contributed by atoms with van der Waals surface area (Å²) in [6, 6.07) is 0.172. The van der Waals surface area contributed by atoms with Gasteiger partial charge in [0.05, 0.1) is 0 Å². The average molecular weight is 256 g/mol. The first-order valence-corrected chi connectivity index (χ1v) is 6.32. The molecule has 1 aliphatic rings. The summed E-state index contributed by atoms with van der Waals surface area (Å²) >= 11 is 0. The molecule has 0 bridgehead atoms. The molecule has 1 rings (SSSR count). The molecule has 0 radical (unpaired) electrons. The van der Waals surface area contributed by atoms with Crippen molar-refractivity contribution >= 4 is 11.9 Å². The molecule has 0 unspecified atom stereocenters. The summed E-state index contributed by atoms with van der Waals surface area (Å²) in [5, 5.41) is 3.26. The van der Waals surface area contributed by atoms with Crippen LogP contribution in [0.15, 0.2) is 0 Å². The zero-order chi connectivity index (χ0) is 13.9. The minimum Gasteiger partial charge on any atom is -0.368 e. The average Bonchev–Trinajstić information content (AvgIpc) is 2.27. The first-order chi connectivity index (χ1) is 8.28. The number of hydrogen-bond acceptors (Lipinski definition) is 3. The third-order valence-corrected chi connectivity index (χ3v) is 3.31. The number of carbonyl (C=O) groups excluding carboxylic acids is 2. The van der Waals surface area contributed by atoms with Gasteiger partial charge in [-0.05, 0) is 26.7 Å². The zero-order valence-corrected chi connectivity index (χ0v) is 11.7. The fourth-order valence-corrected chi connectivity index (χ4v) is 2.38. The fraction of sp³-hybridized carbons (Fsp3) is 0.833.